The molecular formula is C23H23N5S2. The first-order chi connectivity index (χ1) is 14.8. The van der Waals surface area contributed by atoms with Gasteiger partial charge in [0.25, 0.3) is 0 Å². The molecule has 1 aromatic carbocycles. The Bertz CT molecular complexity index is 1150. The summed E-state index contributed by atoms with van der Waals surface area (Å²) in [6.45, 7) is 2.46. The van der Waals surface area contributed by atoms with Gasteiger partial charge in [-0.1, -0.05) is 42.5 Å². The average Bonchev–Trinajstić information content (AvgIpc) is 3.53. The fourth-order valence-electron chi connectivity index (χ4n) is 4.15. The lowest BCUT2D eigenvalue weighted by Crippen LogP contribution is -2.27. The number of pyridine rings is 1. The number of thiophene rings is 1. The van der Waals surface area contributed by atoms with E-state index in [1.807, 2.05) is 29.2 Å². The highest BCUT2D eigenvalue weighted by Crippen LogP contribution is 2.32. The lowest BCUT2D eigenvalue weighted by atomic mass is 10.1. The first-order valence-electron chi connectivity index (χ1n) is 10.2. The van der Waals surface area contributed by atoms with Crippen molar-refractivity contribution >= 4 is 23.6 Å². The number of likely N-dealkylation sites (tertiary alicyclic amines) is 1. The highest BCUT2D eigenvalue weighted by atomic mass is 32.1. The van der Waals surface area contributed by atoms with Crippen LogP contribution in [0.4, 0.5) is 0 Å². The highest BCUT2D eigenvalue weighted by molar-refractivity contribution is 7.71. The van der Waals surface area contributed by atoms with Gasteiger partial charge in [-0.05, 0) is 53.7 Å². The zero-order valence-electron chi connectivity index (χ0n) is 16.6. The van der Waals surface area contributed by atoms with E-state index >= 15 is 0 Å². The monoisotopic (exact) mass is 433 g/mol. The van der Waals surface area contributed by atoms with Crippen LogP contribution < -0.4 is 0 Å². The van der Waals surface area contributed by atoms with Crippen LogP contribution in [0.5, 0.6) is 0 Å². The van der Waals surface area contributed by atoms with Crippen LogP contribution in [0, 0.1) is 4.77 Å². The predicted octanol–water partition coefficient (Wildman–Crippen LogP) is 5.38. The first-order valence-corrected chi connectivity index (χ1v) is 11.5. The largest absolute Gasteiger partial charge is 0.295 e. The lowest BCUT2D eigenvalue weighted by Gasteiger charge is -2.24. The van der Waals surface area contributed by atoms with E-state index in [0.717, 1.165) is 35.0 Å². The maximum atomic E-state index is 5.90. The van der Waals surface area contributed by atoms with Crippen LogP contribution in [0.1, 0.15) is 30.0 Å². The van der Waals surface area contributed by atoms with E-state index in [4.69, 9.17) is 17.3 Å². The quantitative estimate of drug-likeness (QED) is 0.383. The van der Waals surface area contributed by atoms with Gasteiger partial charge in [0.15, 0.2) is 10.6 Å². The summed E-state index contributed by atoms with van der Waals surface area (Å²) in [5.41, 5.74) is 2.49. The topological polar surface area (TPSA) is 38.9 Å². The van der Waals surface area contributed by atoms with E-state index in [-0.39, 0.29) is 0 Å². The summed E-state index contributed by atoms with van der Waals surface area (Å²) < 4.78 is 4.91. The molecule has 30 heavy (non-hydrogen) atoms. The van der Waals surface area contributed by atoms with Crippen molar-refractivity contribution in [2.75, 3.05) is 6.54 Å². The van der Waals surface area contributed by atoms with Crippen LogP contribution in [0.2, 0.25) is 0 Å². The Kier molecular flexibility index (Phi) is 5.57. The zero-order chi connectivity index (χ0) is 20.3. The molecule has 3 aromatic heterocycles. The highest BCUT2D eigenvalue weighted by Gasteiger charge is 2.27. The van der Waals surface area contributed by atoms with Crippen LogP contribution in [0.3, 0.4) is 0 Å². The Labute approximate surface area is 185 Å². The predicted molar refractivity (Wildman–Crippen MR) is 123 cm³/mol. The fraction of sp³-hybridized carbons (Fsp3) is 0.261. The second-order valence-corrected chi connectivity index (χ2v) is 8.87. The van der Waals surface area contributed by atoms with Gasteiger partial charge in [0.2, 0.25) is 0 Å². The number of aromatic nitrogens is 4. The number of hydrogen-bond acceptors (Lipinski definition) is 5. The molecule has 5 rings (SSSR count). The molecule has 5 nitrogen and oxygen atoms in total. The fourth-order valence-corrected chi connectivity index (χ4v) is 5.11. The molecule has 1 saturated heterocycles. The molecule has 0 amide bonds. The van der Waals surface area contributed by atoms with Crippen molar-refractivity contribution in [2.45, 2.75) is 32.1 Å². The summed E-state index contributed by atoms with van der Waals surface area (Å²) in [4.78, 5) is 7.92. The van der Waals surface area contributed by atoms with E-state index in [9.17, 15) is 0 Å². The molecular weight excluding hydrogens is 410 g/mol. The van der Waals surface area contributed by atoms with E-state index in [1.54, 1.807) is 11.3 Å². The van der Waals surface area contributed by atoms with Crippen molar-refractivity contribution in [1.29, 1.82) is 0 Å². The van der Waals surface area contributed by atoms with Gasteiger partial charge >= 0.3 is 0 Å². The SMILES string of the molecule is S=c1n(CN2CCCC2c2cccnc2)nc(-c2cccs2)n1Cc1ccccc1. The molecule has 0 N–H and O–H groups in total. The molecule has 0 aliphatic carbocycles. The smallest absolute Gasteiger partial charge is 0.199 e. The van der Waals surface area contributed by atoms with Crippen LogP contribution in [-0.4, -0.2) is 30.8 Å². The van der Waals surface area contributed by atoms with Gasteiger partial charge in [0.05, 0.1) is 18.1 Å². The Balaban J connectivity index is 1.48. The molecule has 0 radical (unpaired) electrons. The van der Waals surface area contributed by atoms with Crippen molar-refractivity contribution in [3.05, 3.63) is 88.3 Å². The number of rotatable bonds is 6. The zero-order valence-corrected chi connectivity index (χ0v) is 18.2. The minimum atomic E-state index is 0.366. The maximum absolute atomic E-state index is 5.90. The normalized spacial score (nSPS) is 16.9. The number of nitrogens with zero attached hydrogens (tertiary/aromatic N) is 5. The third-order valence-corrected chi connectivity index (χ3v) is 6.89. The van der Waals surface area contributed by atoms with Gasteiger partial charge in [-0.3, -0.25) is 14.5 Å². The Morgan fingerprint density at radius 3 is 2.73 bits per heavy atom. The molecule has 1 unspecified atom stereocenters. The van der Waals surface area contributed by atoms with Gasteiger partial charge in [-0.25, -0.2) is 4.68 Å². The van der Waals surface area contributed by atoms with E-state index in [2.05, 4.69) is 62.3 Å². The molecule has 152 valence electrons. The standard InChI is InChI=1S/C23H23N5S2/c29-23-27(16-18-7-2-1-3-8-18)22(21-11-6-14-30-21)25-28(23)17-26-13-5-10-20(26)19-9-4-12-24-15-19/h1-4,6-9,11-12,14-15,20H,5,10,13,16-17H2. The summed E-state index contributed by atoms with van der Waals surface area (Å²) in [5, 5.41) is 7.06. The van der Waals surface area contributed by atoms with Crippen molar-refractivity contribution < 1.29 is 0 Å². The second kappa shape index (κ2) is 8.63. The summed E-state index contributed by atoms with van der Waals surface area (Å²) in [6.07, 6.45) is 6.13. The number of benzene rings is 1. The molecule has 0 saturated carbocycles. The van der Waals surface area contributed by atoms with E-state index in [1.165, 1.54) is 17.5 Å². The average molecular weight is 434 g/mol. The van der Waals surface area contributed by atoms with Gasteiger partial charge in [-0.2, -0.15) is 0 Å². The third-order valence-electron chi connectivity index (χ3n) is 5.60. The summed E-state index contributed by atoms with van der Waals surface area (Å²) in [6, 6.07) is 19.2. The minimum absolute atomic E-state index is 0.366. The van der Waals surface area contributed by atoms with Gasteiger partial charge in [0, 0.05) is 25.0 Å². The van der Waals surface area contributed by atoms with Gasteiger partial charge in [-0.15, -0.1) is 16.4 Å². The van der Waals surface area contributed by atoms with Crippen molar-refractivity contribution in [2.24, 2.45) is 0 Å². The van der Waals surface area contributed by atoms with E-state index < -0.39 is 0 Å². The summed E-state index contributed by atoms with van der Waals surface area (Å²) >= 11 is 7.60. The van der Waals surface area contributed by atoms with E-state index in [0.29, 0.717) is 12.7 Å². The Morgan fingerprint density at radius 1 is 1.07 bits per heavy atom. The van der Waals surface area contributed by atoms with Crippen LogP contribution in [0.15, 0.2) is 72.4 Å². The summed E-state index contributed by atoms with van der Waals surface area (Å²) in [7, 11) is 0. The molecule has 4 heterocycles. The lowest BCUT2D eigenvalue weighted by molar-refractivity contribution is 0.189. The minimum Gasteiger partial charge on any atom is -0.295 e. The van der Waals surface area contributed by atoms with Crippen molar-refractivity contribution in [3.63, 3.8) is 0 Å². The number of hydrogen-bond donors (Lipinski definition) is 0. The van der Waals surface area contributed by atoms with Crippen LogP contribution in [-0.2, 0) is 13.2 Å². The molecule has 1 aliphatic rings. The first kappa shape index (κ1) is 19.4. The Morgan fingerprint density at radius 2 is 1.97 bits per heavy atom. The van der Waals surface area contributed by atoms with Crippen LogP contribution >= 0.6 is 23.6 Å². The molecule has 4 aromatic rings. The Hall–Kier alpha value is -2.61. The third kappa shape index (κ3) is 3.88. The molecule has 1 fully saturated rings. The van der Waals surface area contributed by atoms with Crippen LogP contribution in [0.25, 0.3) is 10.7 Å². The molecule has 1 aliphatic heterocycles. The summed E-state index contributed by atoms with van der Waals surface area (Å²) in [5.74, 6) is 0.941. The maximum Gasteiger partial charge on any atom is 0.199 e. The van der Waals surface area contributed by atoms with Crippen molar-refractivity contribution in [3.8, 4) is 10.7 Å². The molecule has 0 bridgehead atoms. The second-order valence-electron chi connectivity index (χ2n) is 7.55. The van der Waals surface area contributed by atoms with Gasteiger partial charge in [0.1, 0.15) is 0 Å². The van der Waals surface area contributed by atoms with Gasteiger partial charge < -0.3 is 0 Å². The van der Waals surface area contributed by atoms with Crippen molar-refractivity contribution in [1.82, 2.24) is 24.2 Å². The molecule has 1 atom stereocenters. The molecule has 0 spiro atoms. The molecule has 7 heteroatoms.